The highest BCUT2D eigenvalue weighted by molar-refractivity contribution is 7.98. The van der Waals surface area contributed by atoms with Crippen molar-refractivity contribution in [2.75, 3.05) is 12.3 Å². The van der Waals surface area contributed by atoms with Crippen molar-refractivity contribution in [1.29, 1.82) is 0 Å². The van der Waals surface area contributed by atoms with Crippen LogP contribution in [0, 0.1) is 0 Å². The molecular formula is C16H17ClN2OS. The normalized spacial score (nSPS) is 10.4. The molecule has 0 spiro atoms. The van der Waals surface area contributed by atoms with Gasteiger partial charge in [-0.1, -0.05) is 29.8 Å². The third-order valence-corrected chi connectivity index (χ3v) is 4.44. The number of nitrogen functional groups attached to an aromatic ring is 1. The molecule has 2 aromatic carbocycles. The van der Waals surface area contributed by atoms with Gasteiger partial charge < -0.3 is 11.1 Å². The summed E-state index contributed by atoms with van der Waals surface area (Å²) in [6, 6.07) is 13.0. The molecule has 0 saturated heterocycles. The number of benzene rings is 2. The quantitative estimate of drug-likeness (QED) is 0.647. The highest BCUT2D eigenvalue weighted by atomic mass is 35.5. The number of thioether (sulfide) groups is 1. The standard InChI is InChI=1S/C16H17ClN2OS/c1-2-19-16(20)11-7-8-14(18)15(9-11)21-10-12-5-3-4-6-13(12)17/h3-9H,2,10,18H2,1H3,(H,19,20). The average Bonchev–Trinajstić information content (AvgIpc) is 2.48. The topological polar surface area (TPSA) is 55.1 Å². The molecule has 21 heavy (non-hydrogen) atoms. The van der Waals surface area contributed by atoms with E-state index < -0.39 is 0 Å². The summed E-state index contributed by atoms with van der Waals surface area (Å²) < 4.78 is 0. The summed E-state index contributed by atoms with van der Waals surface area (Å²) in [7, 11) is 0. The predicted octanol–water partition coefficient (Wildman–Crippen LogP) is 3.96. The van der Waals surface area contributed by atoms with Gasteiger partial charge in [-0.05, 0) is 36.8 Å². The van der Waals surface area contributed by atoms with E-state index >= 15 is 0 Å². The minimum atomic E-state index is -0.0860. The number of nitrogens with two attached hydrogens (primary N) is 1. The van der Waals surface area contributed by atoms with Crippen LogP contribution in [0.2, 0.25) is 5.02 Å². The first-order chi connectivity index (χ1) is 10.1. The summed E-state index contributed by atoms with van der Waals surface area (Å²) in [6.45, 7) is 2.49. The van der Waals surface area contributed by atoms with E-state index in [0.717, 1.165) is 15.5 Å². The van der Waals surface area contributed by atoms with Gasteiger partial charge in [-0.2, -0.15) is 0 Å². The fraction of sp³-hybridized carbons (Fsp3) is 0.188. The maximum Gasteiger partial charge on any atom is 0.251 e. The molecule has 3 N–H and O–H groups in total. The summed E-state index contributed by atoms with van der Waals surface area (Å²) in [5.74, 6) is 0.625. The lowest BCUT2D eigenvalue weighted by Gasteiger charge is -2.09. The number of hydrogen-bond donors (Lipinski definition) is 2. The fourth-order valence-electron chi connectivity index (χ4n) is 1.83. The molecule has 0 aliphatic rings. The zero-order valence-electron chi connectivity index (χ0n) is 11.7. The van der Waals surface area contributed by atoms with Crippen molar-refractivity contribution in [3.8, 4) is 0 Å². The SMILES string of the molecule is CCNC(=O)c1ccc(N)c(SCc2ccccc2Cl)c1. The van der Waals surface area contributed by atoms with E-state index in [1.807, 2.05) is 37.3 Å². The van der Waals surface area contributed by atoms with Gasteiger partial charge in [0.15, 0.2) is 0 Å². The Morgan fingerprint density at radius 2 is 2.05 bits per heavy atom. The van der Waals surface area contributed by atoms with Crippen LogP contribution in [0.25, 0.3) is 0 Å². The van der Waals surface area contributed by atoms with E-state index in [-0.39, 0.29) is 5.91 Å². The van der Waals surface area contributed by atoms with Crippen molar-refractivity contribution in [3.63, 3.8) is 0 Å². The van der Waals surface area contributed by atoms with Crippen LogP contribution in [0.1, 0.15) is 22.8 Å². The van der Waals surface area contributed by atoms with E-state index in [4.69, 9.17) is 17.3 Å². The highest BCUT2D eigenvalue weighted by Crippen LogP contribution is 2.31. The summed E-state index contributed by atoms with van der Waals surface area (Å²) >= 11 is 7.72. The third kappa shape index (κ3) is 4.16. The first kappa shape index (κ1) is 15.7. The molecule has 0 saturated carbocycles. The molecule has 0 atom stereocenters. The van der Waals surface area contributed by atoms with Gasteiger partial charge in [-0.15, -0.1) is 11.8 Å². The lowest BCUT2D eigenvalue weighted by Crippen LogP contribution is -2.22. The molecule has 0 bridgehead atoms. The average molecular weight is 321 g/mol. The van der Waals surface area contributed by atoms with Crippen LogP contribution in [-0.2, 0) is 5.75 Å². The van der Waals surface area contributed by atoms with Crippen LogP contribution >= 0.6 is 23.4 Å². The molecule has 3 nitrogen and oxygen atoms in total. The Hall–Kier alpha value is -1.65. The lowest BCUT2D eigenvalue weighted by molar-refractivity contribution is 0.0955. The van der Waals surface area contributed by atoms with Gasteiger partial charge in [-0.3, -0.25) is 4.79 Å². The molecule has 0 aliphatic carbocycles. The molecule has 1 amide bonds. The Morgan fingerprint density at radius 3 is 2.76 bits per heavy atom. The van der Waals surface area contributed by atoms with Crippen LogP contribution in [0.5, 0.6) is 0 Å². The molecule has 0 aliphatic heterocycles. The van der Waals surface area contributed by atoms with E-state index in [0.29, 0.717) is 23.5 Å². The van der Waals surface area contributed by atoms with Gasteiger partial charge in [0.25, 0.3) is 5.91 Å². The van der Waals surface area contributed by atoms with E-state index in [1.54, 1.807) is 23.9 Å². The summed E-state index contributed by atoms with van der Waals surface area (Å²) in [5.41, 5.74) is 8.31. The molecule has 5 heteroatoms. The first-order valence-electron chi connectivity index (χ1n) is 6.65. The maximum atomic E-state index is 11.9. The van der Waals surface area contributed by atoms with Crippen molar-refractivity contribution in [2.24, 2.45) is 0 Å². The maximum absolute atomic E-state index is 11.9. The van der Waals surface area contributed by atoms with Crippen molar-refractivity contribution in [1.82, 2.24) is 5.32 Å². The number of amides is 1. The van der Waals surface area contributed by atoms with Crippen molar-refractivity contribution < 1.29 is 4.79 Å². The Kier molecular flexibility index (Phi) is 5.53. The van der Waals surface area contributed by atoms with Gasteiger partial charge in [-0.25, -0.2) is 0 Å². The Balaban J connectivity index is 2.14. The number of carbonyl (C=O) groups is 1. The molecular weight excluding hydrogens is 304 g/mol. The smallest absolute Gasteiger partial charge is 0.251 e. The second kappa shape index (κ2) is 7.38. The fourth-order valence-corrected chi connectivity index (χ4v) is 3.12. The van der Waals surface area contributed by atoms with Crippen LogP contribution in [0.15, 0.2) is 47.4 Å². The van der Waals surface area contributed by atoms with Crippen molar-refractivity contribution >= 4 is 35.0 Å². The minimum absolute atomic E-state index is 0.0860. The van der Waals surface area contributed by atoms with Crippen molar-refractivity contribution in [2.45, 2.75) is 17.6 Å². The van der Waals surface area contributed by atoms with Gasteiger partial charge in [0.1, 0.15) is 0 Å². The highest BCUT2D eigenvalue weighted by Gasteiger charge is 2.09. The molecule has 0 heterocycles. The third-order valence-electron chi connectivity index (χ3n) is 2.95. The second-order valence-electron chi connectivity index (χ2n) is 4.49. The van der Waals surface area contributed by atoms with Crippen LogP contribution in [0.3, 0.4) is 0 Å². The molecule has 0 radical (unpaired) electrons. The molecule has 110 valence electrons. The monoisotopic (exact) mass is 320 g/mol. The lowest BCUT2D eigenvalue weighted by atomic mass is 10.2. The van der Waals surface area contributed by atoms with Gasteiger partial charge in [0.05, 0.1) is 0 Å². The number of hydrogen-bond acceptors (Lipinski definition) is 3. The van der Waals surface area contributed by atoms with E-state index in [2.05, 4.69) is 5.32 Å². The van der Waals surface area contributed by atoms with Gasteiger partial charge >= 0.3 is 0 Å². The number of halogens is 1. The van der Waals surface area contributed by atoms with Crippen LogP contribution < -0.4 is 11.1 Å². The van der Waals surface area contributed by atoms with Crippen molar-refractivity contribution in [3.05, 3.63) is 58.6 Å². The minimum Gasteiger partial charge on any atom is -0.398 e. The zero-order chi connectivity index (χ0) is 15.2. The van der Waals surface area contributed by atoms with E-state index in [1.165, 1.54) is 0 Å². The Morgan fingerprint density at radius 1 is 1.29 bits per heavy atom. The summed E-state index contributed by atoms with van der Waals surface area (Å²) in [4.78, 5) is 12.7. The molecule has 0 aromatic heterocycles. The van der Waals surface area contributed by atoms with Gasteiger partial charge in [0.2, 0.25) is 0 Å². The molecule has 0 fully saturated rings. The second-order valence-corrected chi connectivity index (χ2v) is 5.92. The molecule has 0 unspecified atom stereocenters. The summed E-state index contributed by atoms with van der Waals surface area (Å²) in [6.07, 6.45) is 0. The van der Waals surface area contributed by atoms with Crippen LogP contribution in [0.4, 0.5) is 5.69 Å². The van der Waals surface area contributed by atoms with Gasteiger partial charge in [0, 0.05) is 33.5 Å². The number of nitrogens with one attached hydrogen (secondary N) is 1. The number of anilines is 1. The number of carbonyl (C=O) groups excluding carboxylic acids is 1. The summed E-state index contributed by atoms with van der Waals surface area (Å²) in [5, 5.41) is 3.52. The first-order valence-corrected chi connectivity index (χ1v) is 8.02. The number of rotatable bonds is 5. The Labute approximate surface area is 133 Å². The zero-order valence-corrected chi connectivity index (χ0v) is 13.3. The molecule has 2 aromatic rings. The molecule has 2 rings (SSSR count). The van der Waals surface area contributed by atoms with Crippen LogP contribution in [-0.4, -0.2) is 12.5 Å². The Bertz CT molecular complexity index is 646. The van der Waals surface area contributed by atoms with E-state index in [9.17, 15) is 4.79 Å². The predicted molar refractivity (Wildman–Crippen MR) is 89.9 cm³/mol. The largest absolute Gasteiger partial charge is 0.398 e.